The van der Waals surface area contributed by atoms with Gasteiger partial charge < -0.3 is 5.32 Å². The zero-order valence-electron chi connectivity index (χ0n) is 9.87. The van der Waals surface area contributed by atoms with E-state index in [1.165, 1.54) is 39.5 Å². The summed E-state index contributed by atoms with van der Waals surface area (Å²) in [7, 11) is 0. The van der Waals surface area contributed by atoms with Crippen LogP contribution in [0.5, 0.6) is 0 Å². The fraction of sp³-hybridized carbons (Fsp3) is 0.357. The van der Waals surface area contributed by atoms with Crippen molar-refractivity contribution in [3.8, 4) is 11.3 Å². The van der Waals surface area contributed by atoms with Crippen molar-refractivity contribution in [2.24, 2.45) is 0 Å². The average molecular weight is 321 g/mol. The van der Waals surface area contributed by atoms with Crippen LogP contribution in [-0.2, 0) is 13.0 Å². The Bertz CT molecular complexity index is 616. The number of hydrogen-bond acceptors (Lipinski definition) is 3. The molecule has 92 valence electrons. The summed E-state index contributed by atoms with van der Waals surface area (Å²) in [5, 5.41) is 4.77. The molecule has 1 saturated carbocycles. The van der Waals surface area contributed by atoms with Crippen LogP contribution in [0.4, 0.5) is 0 Å². The summed E-state index contributed by atoms with van der Waals surface area (Å²) in [5.74, 6) is 0. The maximum Gasteiger partial charge on any atom is 0.107 e. The minimum Gasteiger partial charge on any atom is -0.308 e. The molecule has 4 heteroatoms. The summed E-state index contributed by atoms with van der Waals surface area (Å²) in [6.07, 6.45) is 3.72. The molecule has 0 aliphatic heterocycles. The number of thiazole rings is 1. The fourth-order valence-corrected chi connectivity index (χ4v) is 3.90. The third-order valence-corrected chi connectivity index (χ3v) is 5.08. The van der Waals surface area contributed by atoms with Crippen LogP contribution in [0.3, 0.4) is 0 Å². The second-order valence-corrected chi connectivity index (χ2v) is 7.10. The highest BCUT2D eigenvalue weighted by atomic mass is 79.9. The second kappa shape index (κ2) is 4.15. The Morgan fingerprint density at radius 3 is 3.11 bits per heavy atom. The molecule has 0 bridgehead atoms. The topological polar surface area (TPSA) is 24.9 Å². The quantitative estimate of drug-likeness (QED) is 0.795. The Morgan fingerprint density at radius 1 is 1.39 bits per heavy atom. The normalized spacial score (nSPS) is 16.7. The molecule has 2 nitrogen and oxygen atoms in total. The molecule has 0 atom stereocenters. The molecule has 0 radical (unpaired) electrons. The highest BCUT2D eigenvalue weighted by Gasteiger charge is 2.25. The Hall–Kier alpha value is -0.710. The molecule has 0 saturated heterocycles. The summed E-state index contributed by atoms with van der Waals surface area (Å²) in [4.78, 5) is 6.23. The average Bonchev–Trinajstić information content (AvgIpc) is 3.00. The number of halogens is 1. The van der Waals surface area contributed by atoms with Gasteiger partial charge in [0.05, 0.1) is 5.69 Å². The molecule has 4 rings (SSSR count). The maximum atomic E-state index is 4.80. The molecule has 1 aromatic carbocycles. The highest BCUT2D eigenvalue weighted by Crippen LogP contribution is 2.40. The van der Waals surface area contributed by atoms with E-state index in [0.29, 0.717) is 0 Å². The van der Waals surface area contributed by atoms with Crippen LogP contribution in [0, 0.1) is 0 Å². The van der Waals surface area contributed by atoms with E-state index in [1.54, 1.807) is 0 Å². The van der Waals surface area contributed by atoms with Gasteiger partial charge in [0.15, 0.2) is 0 Å². The SMILES string of the molecule is Brc1ccc2c(c1)Cc1sc(CNC3CC3)nc1-2. The van der Waals surface area contributed by atoms with Crippen molar-refractivity contribution in [3.63, 3.8) is 0 Å². The Morgan fingerprint density at radius 2 is 2.28 bits per heavy atom. The number of fused-ring (bicyclic) bond motifs is 3. The van der Waals surface area contributed by atoms with E-state index in [-0.39, 0.29) is 0 Å². The molecular formula is C14H13BrN2S. The van der Waals surface area contributed by atoms with Crippen molar-refractivity contribution >= 4 is 27.3 Å². The van der Waals surface area contributed by atoms with Crippen molar-refractivity contribution in [3.05, 3.63) is 38.1 Å². The number of hydrogen-bond donors (Lipinski definition) is 1. The number of aromatic nitrogens is 1. The first-order chi connectivity index (χ1) is 8.79. The van der Waals surface area contributed by atoms with Gasteiger partial charge >= 0.3 is 0 Å². The van der Waals surface area contributed by atoms with Crippen molar-refractivity contribution in [1.29, 1.82) is 0 Å². The first-order valence-electron chi connectivity index (χ1n) is 6.30. The van der Waals surface area contributed by atoms with E-state index < -0.39 is 0 Å². The molecule has 1 fully saturated rings. The lowest BCUT2D eigenvalue weighted by molar-refractivity contribution is 0.685. The molecule has 2 aliphatic carbocycles. The summed E-state index contributed by atoms with van der Waals surface area (Å²) in [6, 6.07) is 7.26. The zero-order chi connectivity index (χ0) is 12.1. The van der Waals surface area contributed by atoms with Crippen molar-refractivity contribution < 1.29 is 0 Å². The molecule has 0 spiro atoms. The van der Waals surface area contributed by atoms with E-state index >= 15 is 0 Å². The van der Waals surface area contributed by atoms with Gasteiger partial charge in [0, 0.05) is 33.9 Å². The molecule has 0 unspecified atom stereocenters. The van der Waals surface area contributed by atoms with Crippen LogP contribution in [0.15, 0.2) is 22.7 Å². The van der Waals surface area contributed by atoms with Crippen LogP contribution in [0.25, 0.3) is 11.3 Å². The first-order valence-corrected chi connectivity index (χ1v) is 7.91. The van der Waals surface area contributed by atoms with Crippen LogP contribution >= 0.6 is 27.3 Å². The Kier molecular flexibility index (Phi) is 2.57. The largest absolute Gasteiger partial charge is 0.308 e. The predicted molar refractivity (Wildman–Crippen MR) is 77.9 cm³/mol. The van der Waals surface area contributed by atoms with Gasteiger partial charge in [-0.2, -0.15) is 0 Å². The third-order valence-electron chi connectivity index (χ3n) is 3.53. The monoisotopic (exact) mass is 320 g/mol. The lowest BCUT2D eigenvalue weighted by Gasteiger charge is -2.01. The maximum absolute atomic E-state index is 4.80. The second-order valence-electron chi connectivity index (χ2n) is 5.01. The third kappa shape index (κ3) is 1.92. The molecule has 2 aliphatic rings. The van der Waals surface area contributed by atoms with Crippen LogP contribution in [0.2, 0.25) is 0 Å². The summed E-state index contributed by atoms with van der Waals surface area (Å²) < 4.78 is 1.16. The summed E-state index contributed by atoms with van der Waals surface area (Å²) >= 11 is 5.40. The highest BCUT2D eigenvalue weighted by molar-refractivity contribution is 9.10. The molecule has 1 heterocycles. The van der Waals surface area contributed by atoms with Crippen LogP contribution in [-0.4, -0.2) is 11.0 Å². The summed E-state index contributed by atoms with van der Waals surface area (Å²) in [5.41, 5.74) is 3.94. The van der Waals surface area contributed by atoms with Crippen molar-refractivity contribution in [2.45, 2.75) is 31.8 Å². The molecule has 1 N–H and O–H groups in total. The van der Waals surface area contributed by atoms with Crippen molar-refractivity contribution in [2.75, 3.05) is 0 Å². The van der Waals surface area contributed by atoms with E-state index in [9.17, 15) is 0 Å². The number of nitrogens with one attached hydrogen (secondary N) is 1. The van der Waals surface area contributed by atoms with E-state index in [2.05, 4.69) is 39.4 Å². The van der Waals surface area contributed by atoms with Gasteiger partial charge in [-0.3, -0.25) is 0 Å². The van der Waals surface area contributed by atoms with Gasteiger partial charge in [-0.1, -0.05) is 22.0 Å². The molecule has 0 amide bonds. The van der Waals surface area contributed by atoms with Crippen LogP contribution in [0.1, 0.15) is 28.3 Å². The zero-order valence-corrected chi connectivity index (χ0v) is 12.3. The Labute approximate surface area is 119 Å². The predicted octanol–water partition coefficient (Wildman–Crippen LogP) is 3.73. The lowest BCUT2D eigenvalue weighted by Crippen LogP contribution is -2.14. The van der Waals surface area contributed by atoms with E-state index in [4.69, 9.17) is 4.98 Å². The lowest BCUT2D eigenvalue weighted by atomic mass is 10.1. The number of rotatable bonds is 3. The van der Waals surface area contributed by atoms with E-state index in [1.807, 2.05) is 11.3 Å². The van der Waals surface area contributed by atoms with Gasteiger partial charge in [0.2, 0.25) is 0 Å². The van der Waals surface area contributed by atoms with Crippen molar-refractivity contribution in [1.82, 2.24) is 10.3 Å². The van der Waals surface area contributed by atoms with Gasteiger partial charge in [-0.05, 0) is 30.5 Å². The fourth-order valence-electron chi connectivity index (χ4n) is 2.44. The first kappa shape index (κ1) is 11.1. The number of benzene rings is 1. The molecular weight excluding hydrogens is 308 g/mol. The standard InChI is InChI=1S/C14H13BrN2S/c15-9-1-4-11-8(5-9)6-12-14(11)17-13(18-12)7-16-10-2-3-10/h1,4-5,10,16H,2-3,6-7H2. The smallest absolute Gasteiger partial charge is 0.107 e. The van der Waals surface area contributed by atoms with E-state index in [0.717, 1.165) is 23.5 Å². The molecule has 18 heavy (non-hydrogen) atoms. The van der Waals surface area contributed by atoms with Gasteiger partial charge in [-0.15, -0.1) is 11.3 Å². The minimum absolute atomic E-state index is 0.756. The molecule has 2 aromatic rings. The van der Waals surface area contributed by atoms with Crippen LogP contribution < -0.4 is 5.32 Å². The minimum atomic E-state index is 0.756. The van der Waals surface area contributed by atoms with Gasteiger partial charge in [-0.25, -0.2) is 4.98 Å². The van der Waals surface area contributed by atoms with Gasteiger partial charge in [0.25, 0.3) is 0 Å². The molecule has 1 aromatic heterocycles. The Balaban J connectivity index is 1.63. The number of nitrogens with zero attached hydrogens (tertiary/aromatic N) is 1. The van der Waals surface area contributed by atoms with Gasteiger partial charge in [0.1, 0.15) is 5.01 Å². The summed E-state index contributed by atoms with van der Waals surface area (Å²) in [6.45, 7) is 0.939.